The molecule has 1 aromatic heterocycles. The van der Waals surface area contributed by atoms with Crippen LogP contribution in [-0.4, -0.2) is 89.1 Å². The Morgan fingerprint density at radius 3 is 2.62 bits per heavy atom. The van der Waals surface area contributed by atoms with E-state index in [1.165, 1.54) is 0 Å². The van der Waals surface area contributed by atoms with E-state index in [2.05, 4.69) is 15.3 Å². The molecule has 10 heteroatoms. The van der Waals surface area contributed by atoms with E-state index in [1.54, 1.807) is 24.2 Å². The standard InChI is InChI=1S/C27H38ClN5O4/c1-27(2,3)33(5)24(36)16-32(4)23(8-11-34)21-7-6-18(14-19(21)17-35)25-22(28)15-29-26(31-25)30-20-9-12-37-13-10-20/h6-7,14-15,17,20,23,34H,8-13,16H2,1-5H3,(H,29,30,31). The molecule has 2 heterocycles. The van der Waals surface area contributed by atoms with E-state index in [9.17, 15) is 14.7 Å². The average Bonchev–Trinajstić information content (AvgIpc) is 2.87. The van der Waals surface area contributed by atoms with Gasteiger partial charge in [0, 0.05) is 55.6 Å². The van der Waals surface area contributed by atoms with Crippen molar-refractivity contribution in [2.45, 2.75) is 57.7 Å². The topological polar surface area (TPSA) is 108 Å². The van der Waals surface area contributed by atoms with Crippen molar-refractivity contribution in [1.82, 2.24) is 19.8 Å². The van der Waals surface area contributed by atoms with Gasteiger partial charge in [0.1, 0.15) is 6.29 Å². The molecule has 3 rings (SSSR count). The molecule has 1 atom stereocenters. The number of halogens is 1. The number of anilines is 1. The summed E-state index contributed by atoms with van der Waals surface area (Å²) in [6.45, 7) is 7.38. The Hall–Kier alpha value is -2.59. The van der Waals surface area contributed by atoms with E-state index in [1.807, 2.05) is 44.9 Å². The first-order chi connectivity index (χ1) is 17.5. The van der Waals surface area contributed by atoms with Gasteiger partial charge in [-0.2, -0.15) is 0 Å². The van der Waals surface area contributed by atoms with Crippen LogP contribution in [0, 0.1) is 0 Å². The van der Waals surface area contributed by atoms with Crippen LogP contribution in [0.1, 0.15) is 62.0 Å². The predicted molar refractivity (Wildman–Crippen MR) is 145 cm³/mol. The van der Waals surface area contributed by atoms with Gasteiger partial charge in [-0.05, 0) is 58.7 Å². The summed E-state index contributed by atoms with van der Waals surface area (Å²) in [6.07, 6.45) is 4.46. The Balaban J connectivity index is 1.87. The minimum atomic E-state index is -0.330. The number of aldehydes is 1. The number of ether oxygens (including phenoxy) is 1. The van der Waals surface area contributed by atoms with E-state index in [0.29, 0.717) is 47.4 Å². The third kappa shape index (κ3) is 7.47. The van der Waals surface area contributed by atoms with Gasteiger partial charge in [-0.1, -0.05) is 23.7 Å². The number of aliphatic hydroxyl groups is 1. The van der Waals surface area contributed by atoms with Gasteiger partial charge in [0.15, 0.2) is 0 Å². The van der Waals surface area contributed by atoms with Crippen molar-refractivity contribution in [3.63, 3.8) is 0 Å². The van der Waals surface area contributed by atoms with Gasteiger partial charge in [-0.15, -0.1) is 0 Å². The minimum absolute atomic E-state index is 0.0421. The normalized spacial score (nSPS) is 15.5. The summed E-state index contributed by atoms with van der Waals surface area (Å²) >= 11 is 6.45. The van der Waals surface area contributed by atoms with E-state index in [4.69, 9.17) is 16.3 Å². The SMILES string of the molecule is CN(CC(=O)N(C)C(C)(C)C)C(CCO)c1ccc(-c2nc(NC3CCOCC3)ncc2Cl)cc1C=O. The molecule has 1 aromatic carbocycles. The van der Waals surface area contributed by atoms with E-state index in [-0.39, 0.29) is 36.7 Å². The Labute approximate surface area is 224 Å². The van der Waals surface area contributed by atoms with E-state index in [0.717, 1.165) is 24.7 Å². The summed E-state index contributed by atoms with van der Waals surface area (Å²) in [4.78, 5) is 37.5. The van der Waals surface area contributed by atoms with Crippen LogP contribution in [0.3, 0.4) is 0 Å². The van der Waals surface area contributed by atoms with Gasteiger partial charge in [-0.25, -0.2) is 9.97 Å². The fraction of sp³-hybridized carbons (Fsp3) is 0.556. The third-order valence-electron chi connectivity index (χ3n) is 6.84. The van der Waals surface area contributed by atoms with Crippen LogP contribution in [0.4, 0.5) is 5.95 Å². The summed E-state index contributed by atoms with van der Waals surface area (Å²) in [5.41, 5.74) is 2.08. The molecular formula is C27H38ClN5O4. The van der Waals surface area contributed by atoms with Gasteiger partial charge >= 0.3 is 0 Å². The van der Waals surface area contributed by atoms with Crippen molar-refractivity contribution in [2.75, 3.05) is 45.8 Å². The highest BCUT2D eigenvalue weighted by Crippen LogP contribution is 2.32. The zero-order valence-corrected chi connectivity index (χ0v) is 23.1. The zero-order chi connectivity index (χ0) is 27.2. The lowest BCUT2D eigenvalue weighted by molar-refractivity contribution is -0.135. The molecule has 1 amide bonds. The minimum Gasteiger partial charge on any atom is -0.396 e. The highest BCUT2D eigenvalue weighted by atomic mass is 35.5. The van der Waals surface area contributed by atoms with Gasteiger partial charge in [-0.3, -0.25) is 14.5 Å². The Morgan fingerprint density at radius 2 is 2.00 bits per heavy atom. The molecule has 202 valence electrons. The Morgan fingerprint density at radius 1 is 1.30 bits per heavy atom. The molecule has 1 saturated heterocycles. The van der Waals surface area contributed by atoms with Gasteiger partial charge < -0.3 is 20.1 Å². The number of nitrogens with one attached hydrogen (secondary N) is 1. The summed E-state index contributed by atoms with van der Waals surface area (Å²) in [6, 6.07) is 5.35. The smallest absolute Gasteiger partial charge is 0.236 e. The lowest BCUT2D eigenvalue weighted by atomic mass is 9.94. The molecule has 37 heavy (non-hydrogen) atoms. The van der Waals surface area contributed by atoms with Crippen molar-refractivity contribution in [3.05, 3.63) is 40.5 Å². The predicted octanol–water partition coefficient (Wildman–Crippen LogP) is 3.81. The molecule has 2 N–H and O–H groups in total. The molecular weight excluding hydrogens is 494 g/mol. The lowest BCUT2D eigenvalue weighted by Gasteiger charge is -2.35. The van der Waals surface area contributed by atoms with Crippen molar-refractivity contribution >= 4 is 29.7 Å². The molecule has 1 aliphatic rings. The summed E-state index contributed by atoms with van der Waals surface area (Å²) in [5, 5.41) is 13.5. The van der Waals surface area contributed by atoms with Crippen LogP contribution in [0.2, 0.25) is 5.02 Å². The fourth-order valence-electron chi connectivity index (χ4n) is 4.33. The first-order valence-electron chi connectivity index (χ1n) is 12.6. The summed E-state index contributed by atoms with van der Waals surface area (Å²) in [5.74, 6) is 0.432. The second-order valence-corrected chi connectivity index (χ2v) is 10.9. The summed E-state index contributed by atoms with van der Waals surface area (Å²) in [7, 11) is 3.60. The molecule has 0 spiro atoms. The van der Waals surface area contributed by atoms with Crippen LogP contribution >= 0.6 is 11.6 Å². The number of carbonyl (C=O) groups excluding carboxylic acids is 2. The van der Waals surface area contributed by atoms with Crippen molar-refractivity contribution in [1.29, 1.82) is 0 Å². The van der Waals surface area contributed by atoms with Crippen LogP contribution in [0.25, 0.3) is 11.3 Å². The molecule has 1 aliphatic heterocycles. The number of benzene rings is 1. The number of amides is 1. The first kappa shape index (κ1) is 29.0. The molecule has 9 nitrogen and oxygen atoms in total. The number of aliphatic hydroxyl groups excluding tert-OH is 1. The Bertz CT molecular complexity index is 1080. The van der Waals surface area contributed by atoms with Gasteiger partial charge in [0.2, 0.25) is 11.9 Å². The average molecular weight is 532 g/mol. The largest absolute Gasteiger partial charge is 0.396 e. The highest BCUT2D eigenvalue weighted by molar-refractivity contribution is 6.32. The molecule has 1 unspecified atom stereocenters. The van der Waals surface area contributed by atoms with Crippen LogP contribution in [0.15, 0.2) is 24.4 Å². The number of rotatable bonds is 10. The summed E-state index contributed by atoms with van der Waals surface area (Å²) < 4.78 is 5.41. The quantitative estimate of drug-likeness (QED) is 0.446. The first-order valence-corrected chi connectivity index (χ1v) is 13.0. The molecule has 0 aliphatic carbocycles. The lowest BCUT2D eigenvalue weighted by Crippen LogP contribution is -2.47. The maximum absolute atomic E-state index is 12.9. The van der Waals surface area contributed by atoms with Gasteiger partial charge in [0.25, 0.3) is 0 Å². The molecule has 1 fully saturated rings. The van der Waals surface area contributed by atoms with Crippen LogP contribution < -0.4 is 5.32 Å². The monoisotopic (exact) mass is 531 g/mol. The number of hydrogen-bond donors (Lipinski definition) is 2. The number of likely N-dealkylation sites (N-methyl/N-ethyl adjacent to an activating group) is 2. The Kier molecular flexibility index (Phi) is 10.0. The zero-order valence-electron chi connectivity index (χ0n) is 22.3. The van der Waals surface area contributed by atoms with Crippen molar-refractivity contribution < 1.29 is 19.4 Å². The second-order valence-electron chi connectivity index (χ2n) is 10.4. The van der Waals surface area contributed by atoms with Gasteiger partial charge in [0.05, 0.1) is 23.5 Å². The van der Waals surface area contributed by atoms with Crippen LogP contribution in [-0.2, 0) is 9.53 Å². The van der Waals surface area contributed by atoms with E-state index < -0.39 is 0 Å². The number of aromatic nitrogens is 2. The highest BCUT2D eigenvalue weighted by Gasteiger charge is 2.27. The molecule has 2 aromatic rings. The van der Waals surface area contributed by atoms with Crippen molar-refractivity contribution in [2.24, 2.45) is 0 Å². The molecule has 0 radical (unpaired) electrons. The number of nitrogens with zero attached hydrogens (tertiary/aromatic N) is 4. The van der Waals surface area contributed by atoms with E-state index >= 15 is 0 Å². The third-order valence-corrected chi connectivity index (χ3v) is 7.12. The number of carbonyl (C=O) groups is 2. The number of hydrogen-bond acceptors (Lipinski definition) is 8. The maximum atomic E-state index is 12.9. The molecule has 0 saturated carbocycles. The fourth-order valence-corrected chi connectivity index (χ4v) is 4.53. The van der Waals surface area contributed by atoms with Crippen LogP contribution in [0.5, 0.6) is 0 Å². The maximum Gasteiger partial charge on any atom is 0.236 e. The van der Waals surface area contributed by atoms with Crippen molar-refractivity contribution in [3.8, 4) is 11.3 Å². The molecule has 0 bridgehead atoms. The second kappa shape index (κ2) is 12.8.